The van der Waals surface area contributed by atoms with E-state index in [0.29, 0.717) is 0 Å². The highest BCUT2D eigenvalue weighted by atomic mass is 14.4. The predicted molar refractivity (Wildman–Crippen MR) is 46.2 cm³/mol. The summed E-state index contributed by atoms with van der Waals surface area (Å²) in [6.07, 6.45) is 12.1. The zero-order chi connectivity index (χ0) is 7.26. The van der Waals surface area contributed by atoms with Crippen molar-refractivity contribution in [3.8, 4) is 0 Å². The van der Waals surface area contributed by atoms with Gasteiger partial charge in [-0.05, 0) is 49.5 Å². The second-order valence-electron chi connectivity index (χ2n) is 4.11. The molecule has 0 aromatic rings. The lowest BCUT2D eigenvalue weighted by molar-refractivity contribution is 0.460. The van der Waals surface area contributed by atoms with Crippen LogP contribution < -0.4 is 0 Å². The third-order valence-electron chi connectivity index (χ3n) is 3.58. The molecular formula is C11H14. The van der Waals surface area contributed by atoms with Gasteiger partial charge in [0, 0.05) is 0 Å². The number of rotatable bonds is 0. The molecule has 0 aliphatic heterocycles. The molecule has 2 unspecified atom stereocenters. The Hall–Kier alpha value is -0.520. The van der Waals surface area contributed by atoms with Crippen LogP contribution in [-0.4, -0.2) is 0 Å². The van der Waals surface area contributed by atoms with Gasteiger partial charge >= 0.3 is 0 Å². The summed E-state index contributed by atoms with van der Waals surface area (Å²) >= 11 is 0. The Bertz CT molecular complexity index is 245. The van der Waals surface area contributed by atoms with Crippen molar-refractivity contribution in [2.75, 3.05) is 0 Å². The highest BCUT2D eigenvalue weighted by molar-refractivity contribution is 5.40. The molecule has 0 saturated heterocycles. The highest BCUT2D eigenvalue weighted by Gasteiger charge is 2.37. The Morgan fingerprint density at radius 3 is 3.18 bits per heavy atom. The number of allylic oxidation sites excluding steroid dienone is 4. The molecule has 0 bridgehead atoms. The van der Waals surface area contributed by atoms with Crippen LogP contribution in [0.5, 0.6) is 0 Å². The molecule has 0 heterocycles. The summed E-state index contributed by atoms with van der Waals surface area (Å²) in [6.45, 7) is 0. The minimum atomic E-state index is 0.965. The molecule has 3 aliphatic carbocycles. The van der Waals surface area contributed by atoms with Crippen molar-refractivity contribution in [3.63, 3.8) is 0 Å². The fourth-order valence-corrected chi connectivity index (χ4v) is 3.10. The van der Waals surface area contributed by atoms with Crippen molar-refractivity contribution in [2.24, 2.45) is 11.8 Å². The first-order valence-electron chi connectivity index (χ1n) is 4.86. The Kier molecular flexibility index (Phi) is 1.10. The number of hydrogen-bond donors (Lipinski definition) is 0. The Morgan fingerprint density at radius 1 is 1.18 bits per heavy atom. The van der Waals surface area contributed by atoms with Gasteiger partial charge in [-0.2, -0.15) is 0 Å². The summed E-state index contributed by atoms with van der Waals surface area (Å²) in [5.74, 6) is 1.95. The minimum Gasteiger partial charge on any atom is -0.0810 e. The van der Waals surface area contributed by atoms with E-state index >= 15 is 0 Å². The van der Waals surface area contributed by atoms with Crippen molar-refractivity contribution in [2.45, 2.75) is 32.1 Å². The molecule has 2 atom stereocenters. The van der Waals surface area contributed by atoms with E-state index in [9.17, 15) is 0 Å². The minimum absolute atomic E-state index is 0.965. The lowest BCUT2D eigenvalue weighted by Crippen LogP contribution is -2.05. The van der Waals surface area contributed by atoms with E-state index in [4.69, 9.17) is 0 Å². The average molecular weight is 146 g/mol. The largest absolute Gasteiger partial charge is 0.0810 e. The Morgan fingerprint density at radius 2 is 2.18 bits per heavy atom. The van der Waals surface area contributed by atoms with Gasteiger partial charge in [0.15, 0.2) is 0 Å². The monoisotopic (exact) mass is 146 g/mol. The lowest BCUT2D eigenvalue weighted by Gasteiger charge is -2.13. The molecule has 0 heteroatoms. The maximum absolute atomic E-state index is 2.50. The summed E-state index contributed by atoms with van der Waals surface area (Å²) in [5.41, 5.74) is 3.46. The van der Waals surface area contributed by atoms with E-state index in [1.165, 1.54) is 32.1 Å². The van der Waals surface area contributed by atoms with Crippen LogP contribution in [0.25, 0.3) is 0 Å². The first-order valence-corrected chi connectivity index (χ1v) is 4.86. The second kappa shape index (κ2) is 2.00. The van der Waals surface area contributed by atoms with Crippen molar-refractivity contribution in [3.05, 3.63) is 23.3 Å². The Balaban J connectivity index is 2.03. The van der Waals surface area contributed by atoms with Crippen LogP contribution in [0.1, 0.15) is 32.1 Å². The van der Waals surface area contributed by atoms with E-state index in [2.05, 4.69) is 12.2 Å². The fourth-order valence-electron chi connectivity index (χ4n) is 3.10. The molecule has 0 aromatic heterocycles. The van der Waals surface area contributed by atoms with Gasteiger partial charge in [0.05, 0.1) is 0 Å². The van der Waals surface area contributed by atoms with E-state index < -0.39 is 0 Å². The number of fused-ring (bicyclic) bond motifs is 3. The maximum Gasteiger partial charge on any atom is -0.00964 e. The van der Waals surface area contributed by atoms with Crippen molar-refractivity contribution in [1.29, 1.82) is 0 Å². The smallest absolute Gasteiger partial charge is 0.00964 e. The lowest BCUT2D eigenvalue weighted by atomic mass is 9.90. The summed E-state index contributed by atoms with van der Waals surface area (Å²) in [4.78, 5) is 0. The van der Waals surface area contributed by atoms with Gasteiger partial charge in [0.25, 0.3) is 0 Å². The molecule has 11 heavy (non-hydrogen) atoms. The quantitative estimate of drug-likeness (QED) is 0.492. The zero-order valence-corrected chi connectivity index (χ0v) is 6.84. The van der Waals surface area contributed by atoms with Crippen molar-refractivity contribution < 1.29 is 0 Å². The number of hydrogen-bond acceptors (Lipinski definition) is 0. The van der Waals surface area contributed by atoms with Gasteiger partial charge in [-0.25, -0.2) is 0 Å². The van der Waals surface area contributed by atoms with Crippen LogP contribution in [0.3, 0.4) is 0 Å². The highest BCUT2D eigenvalue weighted by Crippen LogP contribution is 2.50. The summed E-state index contributed by atoms with van der Waals surface area (Å²) in [7, 11) is 0. The fraction of sp³-hybridized carbons (Fsp3) is 0.636. The normalized spacial score (nSPS) is 40.0. The van der Waals surface area contributed by atoms with Crippen LogP contribution in [-0.2, 0) is 0 Å². The molecule has 0 spiro atoms. The molecule has 58 valence electrons. The SMILES string of the molecule is C1=C2C=C3CCCC3C2CC1. The molecular weight excluding hydrogens is 132 g/mol. The van der Waals surface area contributed by atoms with Gasteiger partial charge in [0.1, 0.15) is 0 Å². The van der Waals surface area contributed by atoms with Gasteiger partial charge in [0.2, 0.25) is 0 Å². The third-order valence-corrected chi connectivity index (χ3v) is 3.58. The predicted octanol–water partition coefficient (Wildman–Crippen LogP) is 3.06. The van der Waals surface area contributed by atoms with E-state index in [0.717, 1.165) is 11.8 Å². The topological polar surface area (TPSA) is 0 Å². The molecule has 3 aliphatic rings. The van der Waals surface area contributed by atoms with Gasteiger partial charge in [-0.1, -0.05) is 17.7 Å². The molecule has 0 aromatic carbocycles. The molecule has 0 N–H and O–H groups in total. The van der Waals surface area contributed by atoms with Gasteiger partial charge < -0.3 is 0 Å². The first kappa shape index (κ1) is 6.05. The molecule has 0 nitrogen and oxygen atoms in total. The zero-order valence-electron chi connectivity index (χ0n) is 6.84. The molecule has 3 rings (SSSR count). The third kappa shape index (κ3) is 0.702. The summed E-state index contributed by atoms with van der Waals surface area (Å²) < 4.78 is 0. The van der Waals surface area contributed by atoms with Crippen LogP contribution in [0.4, 0.5) is 0 Å². The van der Waals surface area contributed by atoms with Crippen LogP contribution in [0.15, 0.2) is 23.3 Å². The maximum atomic E-state index is 2.50. The summed E-state index contributed by atoms with van der Waals surface area (Å²) in [6, 6.07) is 0. The Labute approximate surface area is 68.0 Å². The molecule has 0 amide bonds. The van der Waals surface area contributed by atoms with Crippen molar-refractivity contribution in [1.82, 2.24) is 0 Å². The molecule has 1 fully saturated rings. The van der Waals surface area contributed by atoms with Crippen LogP contribution in [0.2, 0.25) is 0 Å². The van der Waals surface area contributed by atoms with E-state index in [1.807, 2.05) is 0 Å². The first-order chi connectivity index (χ1) is 5.45. The van der Waals surface area contributed by atoms with E-state index in [-0.39, 0.29) is 0 Å². The average Bonchev–Trinajstić information content (AvgIpc) is 2.52. The van der Waals surface area contributed by atoms with E-state index in [1.54, 1.807) is 11.1 Å². The summed E-state index contributed by atoms with van der Waals surface area (Å²) in [5, 5.41) is 0. The van der Waals surface area contributed by atoms with Crippen molar-refractivity contribution >= 4 is 0 Å². The standard InChI is InChI=1S/C11H14/c1-3-8-7-9-4-2-6-11(9)10(8)5-1/h3,7,10-11H,1-2,4-6H2. The second-order valence-corrected chi connectivity index (χ2v) is 4.11. The van der Waals surface area contributed by atoms with Gasteiger partial charge in [-0.3, -0.25) is 0 Å². The molecule has 0 radical (unpaired) electrons. The van der Waals surface area contributed by atoms with Crippen LogP contribution in [0, 0.1) is 11.8 Å². The van der Waals surface area contributed by atoms with Crippen LogP contribution >= 0.6 is 0 Å². The van der Waals surface area contributed by atoms with Gasteiger partial charge in [-0.15, -0.1) is 0 Å². The molecule has 1 saturated carbocycles.